The van der Waals surface area contributed by atoms with Crippen LogP contribution in [0.5, 0.6) is 0 Å². The van der Waals surface area contributed by atoms with Crippen LogP contribution in [-0.4, -0.2) is 25.7 Å². The molecule has 8 heteroatoms. The first-order valence-corrected chi connectivity index (χ1v) is 6.47. The zero-order chi connectivity index (χ0) is 14.8. The van der Waals surface area contributed by atoms with Crippen molar-refractivity contribution in [3.05, 3.63) is 47.4 Å². The number of nitrogens with one attached hydrogen (secondary N) is 2. The van der Waals surface area contributed by atoms with Gasteiger partial charge >= 0.3 is 0 Å². The van der Waals surface area contributed by atoms with Crippen LogP contribution in [0.3, 0.4) is 0 Å². The molecule has 0 fully saturated rings. The molecule has 0 aliphatic heterocycles. The lowest BCUT2D eigenvalue weighted by molar-refractivity contribution is 0.0962. The van der Waals surface area contributed by atoms with Crippen LogP contribution in [0.4, 0.5) is 5.82 Å². The van der Waals surface area contributed by atoms with Gasteiger partial charge in [-0.3, -0.25) is 20.3 Å². The standard InChI is InChI=1S/C13H11ClN6O/c1-20-12-10(6-17-20)11(15-7-16-12)18-19-13(21)8-3-2-4-9(14)5-8/h2-7H,1H3,(H,19,21)(H,15,16,18). The molecule has 0 aliphatic carbocycles. The van der Waals surface area contributed by atoms with Crippen molar-refractivity contribution in [2.24, 2.45) is 7.05 Å². The number of rotatable bonds is 3. The summed E-state index contributed by atoms with van der Waals surface area (Å²) in [7, 11) is 1.78. The fourth-order valence-electron chi connectivity index (χ4n) is 1.88. The molecule has 21 heavy (non-hydrogen) atoms. The van der Waals surface area contributed by atoms with Gasteiger partial charge in [0.05, 0.1) is 11.6 Å². The average molecular weight is 303 g/mol. The topological polar surface area (TPSA) is 84.7 Å². The molecule has 7 nitrogen and oxygen atoms in total. The van der Waals surface area contributed by atoms with E-state index < -0.39 is 0 Å². The fraction of sp³-hybridized carbons (Fsp3) is 0.0769. The second-order valence-corrected chi connectivity index (χ2v) is 4.75. The van der Waals surface area contributed by atoms with Crippen molar-refractivity contribution in [1.82, 2.24) is 25.2 Å². The number of halogens is 1. The Hall–Kier alpha value is -2.67. The predicted molar refractivity (Wildman–Crippen MR) is 78.8 cm³/mol. The van der Waals surface area contributed by atoms with E-state index in [1.807, 2.05) is 0 Å². The highest BCUT2D eigenvalue weighted by Gasteiger charge is 2.09. The summed E-state index contributed by atoms with van der Waals surface area (Å²) in [5.74, 6) is 0.164. The number of aromatic nitrogens is 4. The molecule has 1 aromatic carbocycles. The highest BCUT2D eigenvalue weighted by Crippen LogP contribution is 2.17. The van der Waals surface area contributed by atoms with Crippen molar-refractivity contribution < 1.29 is 4.79 Å². The minimum Gasteiger partial charge on any atom is -0.281 e. The van der Waals surface area contributed by atoms with Crippen molar-refractivity contribution >= 4 is 34.4 Å². The second kappa shape index (κ2) is 5.37. The summed E-state index contributed by atoms with van der Waals surface area (Å²) in [6, 6.07) is 6.66. The van der Waals surface area contributed by atoms with Crippen LogP contribution in [-0.2, 0) is 7.05 Å². The Labute approximate surface area is 124 Å². The van der Waals surface area contributed by atoms with E-state index in [9.17, 15) is 4.79 Å². The zero-order valence-electron chi connectivity index (χ0n) is 11.0. The Morgan fingerprint density at radius 1 is 1.33 bits per heavy atom. The summed E-state index contributed by atoms with van der Waals surface area (Å²) in [5, 5.41) is 5.31. The molecule has 1 amide bonds. The number of hydrogen-bond donors (Lipinski definition) is 2. The maximum Gasteiger partial charge on any atom is 0.269 e. The molecule has 2 aromatic heterocycles. The number of hydrazine groups is 1. The predicted octanol–water partition coefficient (Wildman–Crippen LogP) is 1.77. The van der Waals surface area contributed by atoms with Crippen molar-refractivity contribution in [2.75, 3.05) is 5.43 Å². The third-order valence-electron chi connectivity index (χ3n) is 2.91. The Balaban J connectivity index is 1.79. The maximum absolute atomic E-state index is 12.0. The first kappa shape index (κ1) is 13.3. The van der Waals surface area contributed by atoms with E-state index in [2.05, 4.69) is 25.9 Å². The molecule has 3 aromatic rings. The van der Waals surface area contributed by atoms with Crippen LogP contribution in [0, 0.1) is 0 Å². The van der Waals surface area contributed by atoms with Crippen LogP contribution in [0.15, 0.2) is 36.8 Å². The lowest BCUT2D eigenvalue weighted by atomic mass is 10.2. The van der Waals surface area contributed by atoms with Gasteiger partial charge in [0, 0.05) is 17.6 Å². The highest BCUT2D eigenvalue weighted by molar-refractivity contribution is 6.30. The van der Waals surface area contributed by atoms with Gasteiger partial charge in [-0.15, -0.1) is 0 Å². The van der Waals surface area contributed by atoms with Gasteiger partial charge in [0.1, 0.15) is 6.33 Å². The molecule has 0 radical (unpaired) electrons. The molecular formula is C13H11ClN6O. The smallest absolute Gasteiger partial charge is 0.269 e. The van der Waals surface area contributed by atoms with E-state index in [4.69, 9.17) is 11.6 Å². The molecule has 0 atom stereocenters. The maximum atomic E-state index is 12.0. The molecule has 106 valence electrons. The summed E-state index contributed by atoms with van der Waals surface area (Å²) >= 11 is 5.85. The zero-order valence-corrected chi connectivity index (χ0v) is 11.8. The van der Waals surface area contributed by atoms with Gasteiger partial charge in [-0.25, -0.2) is 9.97 Å². The molecule has 0 saturated heterocycles. The molecular weight excluding hydrogens is 292 g/mol. The van der Waals surface area contributed by atoms with Crippen LogP contribution >= 0.6 is 11.6 Å². The van der Waals surface area contributed by atoms with E-state index in [0.29, 0.717) is 27.4 Å². The molecule has 0 aliphatic rings. The molecule has 3 rings (SSSR count). The summed E-state index contributed by atoms with van der Waals surface area (Å²) in [6.07, 6.45) is 3.03. The third-order valence-corrected chi connectivity index (χ3v) is 3.15. The number of benzene rings is 1. The molecule has 2 heterocycles. The number of anilines is 1. The minimum absolute atomic E-state index is 0.312. The molecule has 0 saturated carbocycles. The van der Waals surface area contributed by atoms with E-state index in [-0.39, 0.29) is 5.91 Å². The largest absolute Gasteiger partial charge is 0.281 e. The highest BCUT2D eigenvalue weighted by atomic mass is 35.5. The lowest BCUT2D eigenvalue weighted by Crippen LogP contribution is -2.29. The number of nitrogens with zero attached hydrogens (tertiary/aromatic N) is 4. The number of amides is 1. The van der Waals surface area contributed by atoms with Gasteiger partial charge in [-0.05, 0) is 18.2 Å². The third kappa shape index (κ3) is 2.63. The van der Waals surface area contributed by atoms with Gasteiger partial charge in [0.2, 0.25) is 0 Å². The van der Waals surface area contributed by atoms with Crippen LogP contribution in [0.2, 0.25) is 5.02 Å². The van der Waals surface area contributed by atoms with Crippen molar-refractivity contribution in [3.63, 3.8) is 0 Å². The van der Waals surface area contributed by atoms with E-state index in [1.54, 1.807) is 42.2 Å². The normalized spacial score (nSPS) is 10.6. The molecule has 0 unspecified atom stereocenters. The quantitative estimate of drug-likeness (QED) is 0.720. The van der Waals surface area contributed by atoms with Gasteiger partial charge in [0.25, 0.3) is 5.91 Å². The average Bonchev–Trinajstić information content (AvgIpc) is 2.87. The Morgan fingerprint density at radius 3 is 3.00 bits per heavy atom. The van der Waals surface area contributed by atoms with Gasteiger partial charge in [0.15, 0.2) is 11.5 Å². The number of hydrogen-bond acceptors (Lipinski definition) is 5. The first-order valence-electron chi connectivity index (χ1n) is 6.10. The second-order valence-electron chi connectivity index (χ2n) is 4.32. The Bertz CT molecular complexity index is 815. The van der Waals surface area contributed by atoms with Crippen LogP contribution in [0.25, 0.3) is 11.0 Å². The summed E-state index contributed by atoms with van der Waals surface area (Å²) in [4.78, 5) is 20.2. The molecule has 2 N–H and O–H groups in total. The monoisotopic (exact) mass is 302 g/mol. The van der Waals surface area contributed by atoms with Gasteiger partial charge in [-0.2, -0.15) is 5.10 Å². The van der Waals surface area contributed by atoms with E-state index >= 15 is 0 Å². The molecule has 0 spiro atoms. The van der Waals surface area contributed by atoms with Crippen molar-refractivity contribution in [1.29, 1.82) is 0 Å². The summed E-state index contributed by atoms with van der Waals surface area (Å²) in [6.45, 7) is 0. The number of carbonyl (C=O) groups is 1. The lowest BCUT2D eigenvalue weighted by Gasteiger charge is -2.08. The summed E-state index contributed by atoms with van der Waals surface area (Å²) in [5.41, 5.74) is 6.46. The number of carbonyl (C=O) groups excluding carboxylic acids is 1. The SMILES string of the molecule is Cn1ncc2c(NNC(=O)c3cccc(Cl)c3)ncnc21. The van der Waals surface area contributed by atoms with Crippen molar-refractivity contribution in [2.45, 2.75) is 0 Å². The first-order chi connectivity index (χ1) is 10.1. The van der Waals surface area contributed by atoms with Crippen LogP contribution in [0.1, 0.15) is 10.4 Å². The number of aryl methyl sites for hydroxylation is 1. The van der Waals surface area contributed by atoms with Gasteiger partial charge in [-0.1, -0.05) is 17.7 Å². The van der Waals surface area contributed by atoms with Crippen LogP contribution < -0.4 is 10.9 Å². The van der Waals surface area contributed by atoms with Gasteiger partial charge < -0.3 is 0 Å². The fourth-order valence-corrected chi connectivity index (χ4v) is 2.07. The number of fused-ring (bicyclic) bond motifs is 1. The summed E-state index contributed by atoms with van der Waals surface area (Å²) < 4.78 is 1.63. The Morgan fingerprint density at radius 2 is 2.19 bits per heavy atom. The van der Waals surface area contributed by atoms with Crippen molar-refractivity contribution in [3.8, 4) is 0 Å². The Kier molecular flexibility index (Phi) is 3.41. The van der Waals surface area contributed by atoms with E-state index in [0.717, 1.165) is 0 Å². The molecule has 0 bridgehead atoms. The minimum atomic E-state index is -0.312. The van der Waals surface area contributed by atoms with E-state index in [1.165, 1.54) is 6.33 Å².